The van der Waals surface area contributed by atoms with E-state index < -0.39 is 0 Å². The smallest absolute Gasteiger partial charge is 0.203 e. The standard InChI is InChI=1S/C21H12BrClFNO/c22-14-3-7-17-19-10-13-9-15(23)4-8-18(13)25(19)21(26-20(17)11-14)12-1-5-16(24)6-2-12/h1-11,21H. The van der Waals surface area contributed by atoms with E-state index in [1.807, 2.05) is 36.4 Å². The number of benzene rings is 3. The lowest BCUT2D eigenvalue weighted by atomic mass is 10.1. The van der Waals surface area contributed by atoms with Crippen molar-refractivity contribution in [2.75, 3.05) is 0 Å². The van der Waals surface area contributed by atoms with Crippen LogP contribution < -0.4 is 4.74 Å². The third kappa shape index (κ3) is 2.44. The molecule has 0 saturated carbocycles. The zero-order valence-corrected chi connectivity index (χ0v) is 15.8. The maximum atomic E-state index is 13.4. The van der Waals surface area contributed by atoms with E-state index in [0.29, 0.717) is 5.02 Å². The van der Waals surface area contributed by atoms with E-state index in [1.54, 1.807) is 12.1 Å². The summed E-state index contributed by atoms with van der Waals surface area (Å²) in [6.45, 7) is 0. The predicted octanol–water partition coefficient (Wildman–Crippen LogP) is 6.80. The third-order valence-corrected chi connectivity index (χ3v) is 5.38. The Morgan fingerprint density at radius 1 is 0.962 bits per heavy atom. The molecule has 26 heavy (non-hydrogen) atoms. The molecule has 2 heterocycles. The Hall–Kier alpha value is -2.30. The topological polar surface area (TPSA) is 14.2 Å². The fraction of sp³-hybridized carbons (Fsp3) is 0.0476. The van der Waals surface area contributed by atoms with E-state index in [1.165, 1.54) is 12.1 Å². The summed E-state index contributed by atoms with van der Waals surface area (Å²) < 4.78 is 22.8. The maximum absolute atomic E-state index is 13.4. The summed E-state index contributed by atoms with van der Waals surface area (Å²) in [7, 11) is 0. The van der Waals surface area contributed by atoms with Gasteiger partial charge in [-0.3, -0.25) is 0 Å². The molecule has 0 bridgehead atoms. The van der Waals surface area contributed by atoms with E-state index in [2.05, 4.69) is 26.6 Å². The molecule has 1 aliphatic heterocycles. The van der Waals surface area contributed by atoms with Crippen LogP contribution in [0.15, 0.2) is 71.2 Å². The van der Waals surface area contributed by atoms with Crippen molar-refractivity contribution in [3.05, 3.63) is 87.6 Å². The first-order chi connectivity index (χ1) is 12.6. The molecule has 0 N–H and O–H groups in total. The molecule has 3 aromatic carbocycles. The molecule has 0 saturated heterocycles. The van der Waals surface area contributed by atoms with Gasteiger partial charge in [0.2, 0.25) is 6.23 Å². The second-order valence-corrected chi connectivity index (χ2v) is 7.62. The molecule has 2 nitrogen and oxygen atoms in total. The molecule has 0 amide bonds. The Kier molecular flexibility index (Phi) is 3.59. The van der Waals surface area contributed by atoms with Crippen LogP contribution in [0.2, 0.25) is 5.02 Å². The van der Waals surface area contributed by atoms with Crippen molar-refractivity contribution < 1.29 is 9.13 Å². The van der Waals surface area contributed by atoms with Crippen LogP contribution in [0.5, 0.6) is 5.75 Å². The van der Waals surface area contributed by atoms with Crippen molar-refractivity contribution in [3.63, 3.8) is 0 Å². The van der Waals surface area contributed by atoms with Crippen LogP contribution in [-0.2, 0) is 0 Å². The summed E-state index contributed by atoms with van der Waals surface area (Å²) in [5.74, 6) is 0.521. The SMILES string of the molecule is Fc1ccc(C2Oc3cc(Br)ccc3-c3cc4cc(Cl)ccc4n32)cc1. The summed E-state index contributed by atoms with van der Waals surface area (Å²) >= 11 is 9.69. The molecule has 1 aliphatic rings. The number of fused-ring (bicyclic) bond motifs is 5. The van der Waals surface area contributed by atoms with Gasteiger partial charge in [0.25, 0.3) is 0 Å². The second kappa shape index (κ2) is 5.86. The van der Waals surface area contributed by atoms with E-state index in [-0.39, 0.29) is 12.0 Å². The second-order valence-electron chi connectivity index (χ2n) is 6.26. The summed E-state index contributed by atoms with van der Waals surface area (Å²) in [5, 5.41) is 1.73. The van der Waals surface area contributed by atoms with Gasteiger partial charge >= 0.3 is 0 Å². The first kappa shape index (κ1) is 15.9. The molecule has 1 aromatic heterocycles. The number of rotatable bonds is 1. The van der Waals surface area contributed by atoms with Gasteiger partial charge in [-0.25, -0.2) is 4.39 Å². The van der Waals surface area contributed by atoms with Gasteiger partial charge in [0.05, 0.1) is 11.2 Å². The minimum atomic E-state index is -0.383. The predicted molar refractivity (Wildman–Crippen MR) is 105 cm³/mol. The number of aromatic nitrogens is 1. The van der Waals surface area contributed by atoms with E-state index >= 15 is 0 Å². The molecule has 0 aliphatic carbocycles. The largest absolute Gasteiger partial charge is 0.465 e. The average molecular weight is 429 g/mol. The van der Waals surface area contributed by atoms with Gasteiger partial charge in [-0.2, -0.15) is 0 Å². The van der Waals surface area contributed by atoms with Gasteiger partial charge < -0.3 is 9.30 Å². The molecule has 1 atom stereocenters. The van der Waals surface area contributed by atoms with E-state index in [0.717, 1.165) is 37.9 Å². The van der Waals surface area contributed by atoms with Crippen LogP contribution in [0.4, 0.5) is 4.39 Å². The van der Waals surface area contributed by atoms with Gasteiger partial charge in [0.15, 0.2) is 0 Å². The zero-order valence-electron chi connectivity index (χ0n) is 13.4. The lowest BCUT2D eigenvalue weighted by Crippen LogP contribution is -2.22. The molecule has 0 fully saturated rings. The first-order valence-electron chi connectivity index (χ1n) is 8.13. The van der Waals surface area contributed by atoms with Gasteiger partial charge in [-0.05, 0) is 54.6 Å². The van der Waals surface area contributed by atoms with Crippen molar-refractivity contribution >= 4 is 38.4 Å². The molecule has 5 rings (SSSR count). The van der Waals surface area contributed by atoms with Crippen LogP contribution >= 0.6 is 27.5 Å². The Balaban J connectivity index is 1.81. The summed E-state index contributed by atoms with van der Waals surface area (Å²) in [5.41, 5.74) is 3.96. The summed E-state index contributed by atoms with van der Waals surface area (Å²) in [6, 6.07) is 20.3. The number of ether oxygens (including phenoxy) is 1. The monoisotopic (exact) mass is 427 g/mol. The van der Waals surface area contributed by atoms with Gasteiger partial charge in [-0.15, -0.1) is 0 Å². The van der Waals surface area contributed by atoms with E-state index in [9.17, 15) is 4.39 Å². The third-order valence-electron chi connectivity index (χ3n) is 4.65. The quantitative estimate of drug-likeness (QED) is 0.325. The molecule has 5 heteroatoms. The number of hydrogen-bond acceptors (Lipinski definition) is 1. The number of hydrogen-bond donors (Lipinski definition) is 0. The molecule has 4 aromatic rings. The van der Waals surface area contributed by atoms with Crippen LogP contribution in [0, 0.1) is 5.82 Å². The minimum Gasteiger partial charge on any atom is -0.465 e. The van der Waals surface area contributed by atoms with Crippen LogP contribution in [0.3, 0.4) is 0 Å². The van der Waals surface area contributed by atoms with Crippen LogP contribution in [0.1, 0.15) is 11.8 Å². The van der Waals surface area contributed by atoms with Crippen molar-refractivity contribution in [2.24, 2.45) is 0 Å². The maximum Gasteiger partial charge on any atom is 0.203 e. The highest BCUT2D eigenvalue weighted by atomic mass is 79.9. The first-order valence-corrected chi connectivity index (χ1v) is 9.30. The molecule has 0 radical (unpaired) electrons. The Labute approximate surface area is 162 Å². The zero-order chi connectivity index (χ0) is 17.8. The summed E-state index contributed by atoms with van der Waals surface area (Å²) in [6.07, 6.45) is -0.383. The molecule has 128 valence electrons. The number of nitrogens with zero attached hydrogens (tertiary/aromatic N) is 1. The molecule has 1 unspecified atom stereocenters. The highest BCUT2D eigenvalue weighted by Crippen LogP contribution is 2.45. The highest BCUT2D eigenvalue weighted by molar-refractivity contribution is 9.10. The van der Waals surface area contributed by atoms with Crippen molar-refractivity contribution in [1.82, 2.24) is 4.57 Å². The van der Waals surface area contributed by atoms with Crippen molar-refractivity contribution in [3.8, 4) is 17.0 Å². The van der Waals surface area contributed by atoms with Gasteiger partial charge in [0.1, 0.15) is 11.6 Å². The minimum absolute atomic E-state index is 0.267. The van der Waals surface area contributed by atoms with E-state index in [4.69, 9.17) is 16.3 Å². The van der Waals surface area contributed by atoms with Crippen LogP contribution in [-0.4, -0.2) is 4.57 Å². The lowest BCUT2D eigenvalue weighted by molar-refractivity contribution is 0.173. The average Bonchev–Trinajstić information content (AvgIpc) is 3.00. The Morgan fingerprint density at radius 3 is 2.58 bits per heavy atom. The molecular weight excluding hydrogens is 417 g/mol. The summed E-state index contributed by atoms with van der Waals surface area (Å²) in [4.78, 5) is 0. The van der Waals surface area contributed by atoms with Crippen molar-refractivity contribution in [2.45, 2.75) is 6.23 Å². The van der Waals surface area contributed by atoms with Crippen LogP contribution in [0.25, 0.3) is 22.2 Å². The normalized spacial score (nSPS) is 15.4. The highest BCUT2D eigenvalue weighted by Gasteiger charge is 2.29. The Morgan fingerprint density at radius 2 is 1.77 bits per heavy atom. The molecule has 0 spiro atoms. The van der Waals surface area contributed by atoms with Gasteiger partial charge in [0, 0.05) is 26.0 Å². The molecular formula is C21H12BrClFNO. The lowest BCUT2D eigenvalue weighted by Gasteiger charge is -2.30. The Bertz CT molecular complexity index is 1150. The van der Waals surface area contributed by atoms with Crippen molar-refractivity contribution in [1.29, 1.82) is 0 Å². The number of halogens is 3. The van der Waals surface area contributed by atoms with Gasteiger partial charge in [-0.1, -0.05) is 39.7 Å². The fourth-order valence-electron chi connectivity index (χ4n) is 3.49. The fourth-order valence-corrected chi connectivity index (χ4v) is 4.01.